The minimum Gasteiger partial charge on any atom is -0.292 e. The summed E-state index contributed by atoms with van der Waals surface area (Å²) in [7, 11) is 0. The highest BCUT2D eigenvalue weighted by Gasteiger charge is 2.30. The van der Waals surface area contributed by atoms with E-state index in [4.69, 9.17) is 0 Å². The van der Waals surface area contributed by atoms with Gasteiger partial charge in [0.2, 0.25) is 0 Å². The quantitative estimate of drug-likeness (QED) is 0.812. The average molecular weight is 266 g/mol. The number of urea groups is 1. The Morgan fingerprint density at radius 3 is 1.65 bits per heavy atom. The third-order valence-corrected chi connectivity index (χ3v) is 3.64. The molecule has 2 amide bonds. The van der Waals surface area contributed by atoms with Gasteiger partial charge in [-0.15, -0.1) is 0 Å². The van der Waals surface area contributed by atoms with E-state index in [1.807, 2.05) is 60.0 Å². The Morgan fingerprint density at radius 1 is 0.800 bits per heavy atom. The molecule has 0 radical (unpaired) electrons. The summed E-state index contributed by atoms with van der Waals surface area (Å²) >= 11 is 0. The summed E-state index contributed by atoms with van der Waals surface area (Å²) in [6, 6.07) is 16.2. The molecule has 0 atom stereocenters. The van der Waals surface area contributed by atoms with Crippen molar-refractivity contribution < 1.29 is 4.79 Å². The summed E-state index contributed by atoms with van der Waals surface area (Å²) in [6.45, 7) is 5.55. The first-order valence-electron chi connectivity index (χ1n) is 6.87. The molecule has 3 heteroatoms. The number of amides is 2. The van der Waals surface area contributed by atoms with Crippen molar-refractivity contribution >= 4 is 17.4 Å². The zero-order valence-corrected chi connectivity index (χ0v) is 11.8. The number of carbonyl (C=O) groups excluding carboxylic acids is 1. The molecule has 0 spiro atoms. The van der Waals surface area contributed by atoms with Crippen molar-refractivity contribution in [3.63, 3.8) is 0 Å². The standard InChI is InChI=1S/C17H18N2O/c1-13-5-3-7-15(11-13)18-9-10-19(17(18)20)16-8-4-6-14(2)12-16/h3-8,11-12H,9-10H2,1-2H3. The van der Waals surface area contributed by atoms with Gasteiger partial charge in [0.05, 0.1) is 0 Å². The monoisotopic (exact) mass is 266 g/mol. The van der Waals surface area contributed by atoms with E-state index >= 15 is 0 Å². The molecule has 1 aliphatic heterocycles. The molecule has 0 unspecified atom stereocenters. The van der Waals surface area contributed by atoms with Gasteiger partial charge in [-0.1, -0.05) is 24.3 Å². The van der Waals surface area contributed by atoms with E-state index in [2.05, 4.69) is 12.1 Å². The van der Waals surface area contributed by atoms with Crippen LogP contribution in [0.1, 0.15) is 11.1 Å². The Labute approximate surface area is 119 Å². The van der Waals surface area contributed by atoms with Gasteiger partial charge >= 0.3 is 6.03 Å². The molecule has 0 aliphatic carbocycles. The van der Waals surface area contributed by atoms with Crippen LogP contribution in [0.5, 0.6) is 0 Å². The maximum atomic E-state index is 12.6. The Kier molecular flexibility index (Phi) is 3.18. The summed E-state index contributed by atoms with van der Waals surface area (Å²) in [4.78, 5) is 16.3. The van der Waals surface area contributed by atoms with E-state index < -0.39 is 0 Å². The Balaban J connectivity index is 1.87. The molecule has 1 fully saturated rings. The van der Waals surface area contributed by atoms with Gasteiger partial charge in [-0.2, -0.15) is 0 Å². The number of aryl methyl sites for hydroxylation is 2. The maximum Gasteiger partial charge on any atom is 0.329 e. The first-order valence-corrected chi connectivity index (χ1v) is 6.87. The number of hydrogen-bond donors (Lipinski definition) is 0. The SMILES string of the molecule is Cc1cccc(N2CCN(c3cccc(C)c3)C2=O)c1. The van der Waals surface area contributed by atoms with Crippen molar-refractivity contribution in [2.24, 2.45) is 0 Å². The smallest absolute Gasteiger partial charge is 0.292 e. The average Bonchev–Trinajstić information content (AvgIpc) is 2.80. The molecule has 102 valence electrons. The first kappa shape index (κ1) is 12.7. The van der Waals surface area contributed by atoms with Gasteiger partial charge in [0.1, 0.15) is 0 Å². The van der Waals surface area contributed by atoms with Crippen LogP contribution in [0, 0.1) is 13.8 Å². The van der Waals surface area contributed by atoms with Crippen LogP contribution >= 0.6 is 0 Å². The molecule has 0 saturated carbocycles. The van der Waals surface area contributed by atoms with Gasteiger partial charge in [0.15, 0.2) is 0 Å². The molecule has 0 aromatic heterocycles. The fourth-order valence-electron chi connectivity index (χ4n) is 2.61. The van der Waals surface area contributed by atoms with Gasteiger partial charge in [-0.3, -0.25) is 9.80 Å². The third-order valence-electron chi connectivity index (χ3n) is 3.64. The van der Waals surface area contributed by atoms with Crippen molar-refractivity contribution in [2.75, 3.05) is 22.9 Å². The lowest BCUT2D eigenvalue weighted by atomic mass is 10.2. The van der Waals surface area contributed by atoms with E-state index in [0.717, 1.165) is 24.5 Å². The lowest BCUT2D eigenvalue weighted by Gasteiger charge is -2.19. The Bertz CT molecular complexity index is 595. The van der Waals surface area contributed by atoms with Crippen molar-refractivity contribution in [3.05, 3.63) is 59.7 Å². The predicted molar refractivity (Wildman–Crippen MR) is 82.4 cm³/mol. The van der Waals surface area contributed by atoms with Crippen LogP contribution in [0.4, 0.5) is 16.2 Å². The molecule has 1 heterocycles. The molecule has 3 nitrogen and oxygen atoms in total. The minimum atomic E-state index is 0.0567. The summed E-state index contributed by atoms with van der Waals surface area (Å²) in [6.07, 6.45) is 0. The normalized spacial score (nSPS) is 15.0. The number of rotatable bonds is 2. The number of hydrogen-bond acceptors (Lipinski definition) is 1. The lowest BCUT2D eigenvalue weighted by Crippen LogP contribution is -2.31. The molecule has 0 N–H and O–H groups in total. The van der Waals surface area contributed by atoms with Gasteiger partial charge in [-0.05, 0) is 49.2 Å². The first-order chi connectivity index (χ1) is 9.65. The van der Waals surface area contributed by atoms with Crippen LogP contribution < -0.4 is 9.80 Å². The number of benzene rings is 2. The summed E-state index contributed by atoms with van der Waals surface area (Å²) < 4.78 is 0. The summed E-state index contributed by atoms with van der Waals surface area (Å²) in [5.41, 5.74) is 4.30. The highest BCUT2D eigenvalue weighted by Crippen LogP contribution is 2.26. The molecule has 0 bridgehead atoms. The van der Waals surface area contributed by atoms with Crippen LogP contribution in [0.25, 0.3) is 0 Å². The second-order valence-electron chi connectivity index (χ2n) is 5.26. The molecule has 1 aliphatic rings. The van der Waals surface area contributed by atoms with Gasteiger partial charge in [0, 0.05) is 24.5 Å². The highest BCUT2D eigenvalue weighted by molar-refractivity contribution is 6.06. The van der Waals surface area contributed by atoms with Crippen LogP contribution in [0.15, 0.2) is 48.5 Å². The van der Waals surface area contributed by atoms with Crippen LogP contribution in [0.2, 0.25) is 0 Å². The van der Waals surface area contributed by atoms with E-state index in [1.54, 1.807) is 0 Å². The molecule has 2 aromatic rings. The van der Waals surface area contributed by atoms with Crippen molar-refractivity contribution in [2.45, 2.75) is 13.8 Å². The topological polar surface area (TPSA) is 23.6 Å². The Morgan fingerprint density at radius 2 is 1.25 bits per heavy atom. The second-order valence-corrected chi connectivity index (χ2v) is 5.26. The molecular formula is C17H18N2O. The summed E-state index contributed by atoms with van der Waals surface area (Å²) in [5, 5.41) is 0. The van der Waals surface area contributed by atoms with E-state index in [-0.39, 0.29) is 6.03 Å². The molecular weight excluding hydrogens is 248 g/mol. The zero-order valence-electron chi connectivity index (χ0n) is 11.8. The van der Waals surface area contributed by atoms with Gasteiger partial charge in [0.25, 0.3) is 0 Å². The molecule has 3 rings (SSSR count). The molecule has 2 aromatic carbocycles. The van der Waals surface area contributed by atoms with Crippen LogP contribution in [-0.4, -0.2) is 19.1 Å². The van der Waals surface area contributed by atoms with Crippen molar-refractivity contribution in [3.8, 4) is 0 Å². The fourth-order valence-corrected chi connectivity index (χ4v) is 2.61. The van der Waals surface area contributed by atoms with E-state index in [0.29, 0.717) is 0 Å². The highest BCUT2D eigenvalue weighted by atomic mass is 16.2. The van der Waals surface area contributed by atoms with Crippen molar-refractivity contribution in [1.29, 1.82) is 0 Å². The third kappa shape index (κ3) is 2.27. The molecule has 20 heavy (non-hydrogen) atoms. The minimum absolute atomic E-state index is 0.0567. The van der Waals surface area contributed by atoms with Gasteiger partial charge in [-0.25, -0.2) is 4.79 Å². The lowest BCUT2D eigenvalue weighted by molar-refractivity contribution is 0.256. The summed E-state index contributed by atoms with van der Waals surface area (Å²) in [5.74, 6) is 0. The largest absolute Gasteiger partial charge is 0.329 e. The maximum absolute atomic E-state index is 12.6. The van der Waals surface area contributed by atoms with Crippen LogP contribution in [-0.2, 0) is 0 Å². The number of nitrogens with zero attached hydrogens (tertiary/aromatic N) is 2. The zero-order chi connectivity index (χ0) is 14.1. The van der Waals surface area contributed by atoms with E-state index in [9.17, 15) is 4.79 Å². The van der Waals surface area contributed by atoms with E-state index in [1.165, 1.54) is 11.1 Å². The predicted octanol–water partition coefficient (Wildman–Crippen LogP) is 3.75. The fraction of sp³-hybridized carbons (Fsp3) is 0.235. The van der Waals surface area contributed by atoms with Gasteiger partial charge < -0.3 is 0 Å². The van der Waals surface area contributed by atoms with Crippen molar-refractivity contribution in [1.82, 2.24) is 0 Å². The second kappa shape index (κ2) is 5.00. The number of anilines is 2. The molecule has 1 saturated heterocycles. The van der Waals surface area contributed by atoms with Crippen LogP contribution in [0.3, 0.4) is 0 Å². The number of carbonyl (C=O) groups is 1. The Hall–Kier alpha value is -2.29.